The second-order valence-corrected chi connectivity index (χ2v) is 9.91. The summed E-state index contributed by atoms with van der Waals surface area (Å²) in [5, 5.41) is 4.90. The molecule has 0 aliphatic heterocycles. The van der Waals surface area contributed by atoms with Gasteiger partial charge in [0.2, 0.25) is 0 Å². The summed E-state index contributed by atoms with van der Waals surface area (Å²) >= 11 is 0. The first-order valence-corrected chi connectivity index (χ1v) is 10.9. The Balaban J connectivity index is 2.27. The zero-order valence-corrected chi connectivity index (χ0v) is 17.6. The van der Waals surface area contributed by atoms with Crippen molar-refractivity contribution in [3.63, 3.8) is 0 Å². The standard InChI is InChI=1S/C24H31P/c1-16-12-18(3)23(19(4)13-16)25(22-10-8-7-9-11-22)24-20(5)14-17(2)15-21(24)6/h10,12-15H,7-9,11H2,1-6H3. The summed E-state index contributed by atoms with van der Waals surface area (Å²) in [6.07, 6.45) is 7.78. The summed E-state index contributed by atoms with van der Waals surface area (Å²) < 4.78 is 0. The van der Waals surface area contributed by atoms with E-state index in [4.69, 9.17) is 0 Å². The van der Waals surface area contributed by atoms with Gasteiger partial charge in [0.1, 0.15) is 0 Å². The summed E-state index contributed by atoms with van der Waals surface area (Å²) in [6, 6.07) is 9.50. The second kappa shape index (κ2) is 7.46. The maximum Gasteiger partial charge on any atom is -0.00953 e. The van der Waals surface area contributed by atoms with Gasteiger partial charge in [0.15, 0.2) is 0 Å². The number of aryl methyl sites for hydroxylation is 6. The van der Waals surface area contributed by atoms with Gasteiger partial charge in [-0.05, 0) is 113 Å². The Morgan fingerprint density at radius 2 is 1.08 bits per heavy atom. The van der Waals surface area contributed by atoms with Crippen LogP contribution in [0, 0.1) is 41.5 Å². The van der Waals surface area contributed by atoms with Gasteiger partial charge in [-0.2, -0.15) is 0 Å². The van der Waals surface area contributed by atoms with E-state index < -0.39 is 7.92 Å². The highest BCUT2D eigenvalue weighted by molar-refractivity contribution is 7.77. The molecule has 1 aliphatic rings. The van der Waals surface area contributed by atoms with Crippen LogP contribution in [0.5, 0.6) is 0 Å². The van der Waals surface area contributed by atoms with Crippen molar-refractivity contribution in [3.05, 3.63) is 69.0 Å². The first-order valence-electron chi connectivity index (χ1n) is 9.53. The summed E-state index contributed by atoms with van der Waals surface area (Å²) in [6.45, 7) is 13.7. The molecule has 0 nitrogen and oxygen atoms in total. The molecule has 1 heteroatoms. The van der Waals surface area contributed by atoms with Crippen LogP contribution in [0.1, 0.15) is 59.1 Å². The molecule has 0 fully saturated rings. The molecule has 2 aromatic rings. The molecule has 0 saturated heterocycles. The van der Waals surface area contributed by atoms with Crippen molar-refractivity contribution >= 4 is 18.5 Å². The molecule has 0 bridgehead atoms. The van der Waals surface area contributed by atoms with E-state index in [1.54, 1.807) is 15.9 Å². The van der Waals surface area contributed by atoms with Crippen LogP contribution >= 0.6 is 7.92 Å². The van der Waals surface area contributed by atoms with Gasteiger partial charge in [-0.25, -0.2) is 0 Å². The largest absolute Gasteiger partial charge is 0.0802 e. The predicted octanol–water partition coefficient (Wildman–Crippen LogP) is 6.43. The van der Waals surface area contributed by atoms with Crippen molar-refractivity contribution in [2.75, 3.05) is 0 Å². The smallest absolute Gasteiger partial charge is 0.00953 e. The molecule has 0 heterocycles. The van der Waals surface area contributed by atoms with Crippen LogP contribution in [0.4, 0.5) is 0 Å². The van der Waals surface area contributed by atoms with Gasteiger partial charge in [0.25, 0.3) is 0 Å². The summed E-state index contributed by atoms with van der Waals surface area (Å²) in [5.41, 5.74) is 8.63. The SMILES string of the molecule is Cc1cc(C)c(P(C2=CCCCC2)c2c(C)cc(C)cc2C)c(C)c1. The van der Waals surface area contributed by atoms with Crippen LogP contribution in [0.25, 0.3) is 0 Å². The summed E-state index contributed by atoms with van der Waals surface area (Å²) in [4.78, 5) is 0. The fourth-order valence-corrected chi connectivity index (χ4v) is 7.63. The van der Waals surface area contributed by atoms with E-state index in [-0.39, 0.29) is 0 Å². The highest BCUT2D eigenvalue weighted by Crippen LogP contribution is 2.50. The molecule has 1 aliphatic carbocycles. The minimum atomic E-state index is -0.416. The van der Waals surface area contributed by atoms with E-state index in [2.05, 4.69) is 71.9 Å². The van der Waals surface area contributed by atoms with Gasteiger partial charge in [0.05, 0.1) is 0 Å². The van der Waals surface area contributed by atoms with Crippen molar-refractivity contribution in [1.82, 2.24) is 0 Å². The number of hydrogen-bond acceptors (Lipinski definition) is 0. The van der Waals surface area contributed by atoms with Crippen molar-refractivity contribution in [2.24, 2.45) is 0 Å². The third-order valence-electron chi connectivity index (χ3n) is 5.27. The molecule has 0 amide bonds. The van der Waals surface area contributed by atoms with Crippen molar-refractivity contribution in [2.45, 2.75) is 67.2 Å². The average Bonchev–Trinajstić information content (AvgIpc) is 2.52. The van der Waals surface area contributed by atoms with E-state index in [1.807, 2.05) is 0 Å². The predicted molar refractivity (Wildman–Crippen MR) is 114 cm³/mol. The van der Waals surface area contributed by atoms with Crippen LogP contribution in [0.3, 0.4) is 0 Å². The van der Waals surface area contributed by atoms with Crippen molar-refractivity contribution in [1.29, 1.82) is 0 Å². The molecule has 0 spiro atoms. The number of benzene rings is 2. The molecule has 0 atom stereocenters. The van der Waals surface area contributed by atoms with Crippen molar-refractivity contribution in [3.8, 4) is 0 Å². The van der Waals surface area contributed by atoms with Gasteiger partial charge < -0.3 is 0 Å². The molecule has 0 aromatic heterocycles. The lowest BCUT2D eigenvalue weighted by molar-refractivity contribution is 0.722. The van der Waals surface area contributed by atoms with E-state index in [1.165, 1.54) is 59.1 Å². The Hall–Kier alpha value is -1.39. The fourth-order valence-electron chi connectivity index (χ4n) is 4.47. The van der Waals surface area contributed by atoms with Gasteiger partial charge in [-0.1, -0.05) is 41.5 Å². The normalized spacial score (nSPS) is 14.8. The quantitative estimate of drug-likeness (QED) is 0.560. The Labute approximate surface area is 155 Å². The number of rotatable bonds is 3. The molecule has 0 radical (unpaired) electrons. The topological polar surface area (TPSA) is 0 Å². The molecule has 0 saturated carbocycles. The molecule has 3 rings (SSSR count). The van der Waals surface area contributed by atoms with Crippen LogP contribution in [0.15, 0.2) is 35.7 Å². The van der Waals surface area contributed by atoms with E-state index >= 15 is 0 Å². The third kappa shape index (κ3) is 3.75. The van der Waals surface area contributed by atoms with Crippen LogP contribution < -0.4 is 10.6 Å². The molecule has 132 valence electrons. The monoisotopic (exact) mass is 350 g/mol. The average molecular weight is 350 g/mol. The van der Waals surface area contributed by atoms with Crippen LogP contribution in [-0.4, -0.2) is 0 Å². The number of hydrogen-bond donors (Lipinski definition) is 0. The maximum atomic E-state index is 2.56. The zero-order valence-electron chi connectivity index (χ0n) is 16.7. The lowest BCUT2D eigenvalue weighted by Gasteiger charge is -2.30. The second-order valence-electron chi connectivity index (χ2n) is 7.77. The lowest BCUT2D eigenvalue weighted by Crippen LogP contribution is -2.23. The fraction of sp³-hybridized carbons (Fsp3) is 0.417. The van der Waals surface area contributed by atoms with Gasteiger partial charge in [-0.15, -0.1) is 0 Å². The summed E-state index contributed by atoms with van der Waals surface area (Å²) in [5.74, 6) is 0. The van der Waals surface area contributed by atoms with Crippen LogP contribution in [-0.2, 0) is 0 Å². The first kappa shape index (κ1) is 18.4. The molecule has 2 aromatic carbocycles. The Morgan fingerprint density at radius 1 is 0.640 bits per heavy atom. The first-order chi connectivity index (χ1) is 11.9. The lowest BCUT2D eigenvalue weighted by atomic mass is 10.1. The minimum absolute atomic E-state index is 0.416. The zero-order chi connectivity index (χ0) is 18.1. The highest BCUT2D eigenvalue weighted by atomic mass is 31.1. The third-order valence-corrected chi connectivity index (χ3v) is 8.56. The number of allylic oxidation sites excluding steroid dienone is 2. The Kier molecular flexibility index (Phi) is 5.49. The molecular formula is C24H31P. The Bertz CT molecular complexity index is 722. The van der Waals surface area contributed by atoms with Gasteiger partial charge in [-0.3, -0.25) is 0 Å². The molecule has 25 heavy (non-hydrogen) atoms. The van der Waals surface area contributed by atoms with Gasteiger partial charge in [0, 0.05) is 0 Å². The van der Waals surface area contributed by atoms with E-state index in [9.17, 15) is 0 Å². The highest BCUT2D eigenvalue weighted by Gasteiger charge is 2.26. The molecular weight excluding hydrogens is 319 g/mol. The maximum absolute atomic E-state index is 2.56. The van der Waals surface area contributed by atoms with Crippen LogP contribution in [0.2, 0.25) is 0 Å². The minimum Gasteiger partial charge on any atom is -0.0802 e. The summed E-state index contributed by atoms with van der Waals surface area (Å²) in [7, 11) is -0.416. The molecule has 0 N–H and O–H groups in total. The molecule has 0 unspecified atom stereocenters. The van der Waals surface area contributed by atoms with Gasteiger partial charge >= 0.3 is 0 Å². The Morgan fingerprint density at radius 3 is 1.44 bits per heavy atom. The van der Waals surface area contributed by atoms with Crippen molar-refractivity contribution < 1.29 is 0 Å². The van der Waals surface area contributed by atoms with E-state index in [0.717, 1.165) is 0 Å². The van der Waals surface area contributed by atoms with E-state index in [0.29, 0.717) is 0 Å².